The molecule has 1 amide bonds. The Labute approximate surface area is 135 Å². The van der Waals surface area contributed by atoms with Crippen molar-refractivity contribution < 1.29 is 4.79 Å². The van der Waals surface area contributed by atoms with Gasteiger partial charge in [-0.25, -0.2) is 4.99 Å². The summed E-state index contributed by atoms with van der Waals surface area (Å²) in [5.41, 5.74) is 6.14. The fourth-order valence-corrected chi connectivity index (χ4v) is 2.60. The highest BCUT2D eigenvalue weighted by Gasteiger charge is 2.27. The molecule has 120 valence electrons. The molecule has 6 heteroatoms. The number of carbonyl (C=O) groups excluding carboxylic acids is 1. The second-order valence-electron chi connectivity index (χ2n) is 5.70. The summed E-state index contributed by atoms with van der Waals surface area (Å²) >= 11 is 5.96. The van der Waals surface area contributed by atoms with E-state index < -0.39 is 5.79 Å². The maximum Gasteiger partial charge on any atom is 0.222 e. The van der Waals surface area contributed by atoms with Crippen LogP contribution in [-0.2, 0) is 4.79 Å². The summed E-state index contributed by atoms with van der Waals surface area (Å²) < 4.78 is 0. The molecule has 1 aromatic carbocycles. The third-order valence-electron chi connectivity index (χ3n) is 3.61. The molecule has 0 aliphatic carbocycles. The van der Waals surface area contributed by atoms with Gasteiger partial charge in [-0.2, -0.15) is 0 Å². The van der Waals surface area contributed by atoms with E-state index in [0.717, 1.165) is 18.2 Å². The maximum absolute atomic E-state index is 12.0. The highest BCUT2D eigenvalue weighted by molar-refractivity contribution is 6.30. The van der Waals surface area contributed by atoms with E-state index >= 15 is 0 Å². The number of unbranched alkanes of at least 4 members (excludes halogenated alkanes) is 4. The normalized spacial score (nSPS) is 19.8. The molecule has 0 fully saturated rings. The molecule has 0 saturated heterocycles. The lowest BCUT2D eigenvalue weighted by atomic mass is 10.1. The average Bonchev–Trinajstić information content (AvgIpc) is 2.46. The summed E-state index contributed by atoms with van der Waals surface area (Å²) in [5, 5.41) is 4.72. The maximum atomic E-state index is 12.0. The lowest BCUT2D eigenvalue weighted by molar-refractivity contribution is -0.123. The summed E-state index contributed by atoms with van der Waals surface area (Å²) in [7, 11) is 0. The number of benzene rings is 1. The largest absolute Gasteiger partial charge is 0.318 e. The van der Waals surface area contributed by atoms with Gasteiger partial charge in [0.1, 0.15) is 0 Å². The molecule has 1 unspecified atom stereocenters. The minimum Gasteiger partial charge on any atom is -0.318 e. The Morgan fingerprint density at radius 1 is 1.32 bits per heavy atom. The van der Waals surface area contributed by atoms with Crippen LogP contribution in [0.4, 0.5) is 0 Å². The number of amides is 1. The minimum absolute atomic E-state index is 0.0802. The van der Waals surface area contributed by atoms with Crippen molar-refractivity contribution in [2.45, 2.75) is 51.2 Å². The van der Waals surface area contributed by atoms with Crippen molar-refractivity contribution in [2.75, 3.05) is 6.54 Å². The first kappa shape index (κ1) is 16.9. The fourth-order valence-electron chi connectivity index (χ4n) is 2.44. The standard InChI is InChI=1S/C16H23ClN4O/c1-2-3-4-5-6-7-15(22)21-16(18)11-19-13-9-8-12(17)10-14(13)20-16/h8-10H,2-7,11,18H2,1H3,(H,21,22). The third kappa shape index (κ3) is 4.78. The van der Waals surface area contributed by atoms with Crippen molar-refractivity contribution >= 4 is 17.5 Å². The molecule has 1 aromatic rings. The van der Waals surface area contributed by atoms with Crippen molar-refractivity contribution in [2.24, 2.45) is 15.7 Å². The minimum atomic E-state index is -1.17. The number of nitrogens with one attached hydrogen (secondary N) is 1. The number of hydrogen-bond donors (Lipinski definition) is 2. The molecule has 0 aromatic heterocycles. The van der Waals surface area contributed by atoms with Crippen LogP contribution in [0.1, 0.15) is 45.4 Å². The number of carbonyl (C=O) groups is 1. The van der Waals surface area contributed by atoms with E-state index in [0.29, 0.717) is 16.8 Å². The lowest BCUT2D eigenvalue weighted by Crippen LogP contribution is -2.60. The van der Waals surface area contributed by atoms with Crippen molar-refractivity contribution in [3.8, 4) is 0 Å². The Bertz CT molecular complexity index is 646. The Morgan fingerprint density at radius 2 is 2.09 bits per heavy atom. The molecule has 2 rings (SSSR count). The quantitative estimate of drug-likeness (QED) is 0.591. The van der Waals surface area contributed by atoms with E-state index in [1.165, 1.54) is 19.3 Å². The summed E-state index contributed by atoms with van der Waals surface area (Å²) in [6, 6.07) is 5.27. The molecule has 1 aliphatic rings. The van der Waals surface area contributed by atoms with E-state index in [9.17, 15) is 4.79 Å². The summed E-state index contributed by atoms with van der Waals surface area (Å²) in [6.45, 7) is 2.41. The molecule has 1 aliphatic heterocycles. The molecule has 0 spiro atoms. The van der Waals surface area contributed by atoms with Crippen molar-refractivity contribution in [1.29, 1.82) is 0 Å². The first-order valence-corrected chi connectivity index (χ1v) is 8.20. The highest BCUT2D eigenvalue weighted by Crippen LogP contribution is 2.07. The molecule has 0 bridgehead atoms. The average molecular weight is 323 g/mol. The lowest BCUT2D eigenvalue weighted by Gasteiger charge is -2.26. The van der Waals surface area contributed by atoms with Gasteiger partial charge >= 0.3 is 0 Å². The predicted molar refractivity (Wildman–Crippen MR) is 87.1 cm³/mol. The molecule has 0 saturated carbocycles. The van der Waals surface area contributed by atoms with Gasteiger partial charge in [0, 0.05) is 11.4 Å². The first-order chi connectivity index (χ1) is 10.5. The molecule has 22 heavy (non-hydrogen) atoms. The fraction of sp³-hybridized carbons (Fsp3) is 0.562. The van der Waals surface area contributed by atoms with E-state index in [2.05, 4.69) is 22.2 Å². The van der Waals surface area contributed by atoms with Crippen LogP contribution in [0.3, 0.4) is 0 Å². The molecular formula is C16H23ClN4O. The number of halogens is 1. The molecule has 1 atom stereocenters. The summed E-state index contributed by atoms with van der Waals surface area (Å²) in [6.07, 6.45) is 6.00. The van der Waals surface area contributed by atoms with Crippen LogP contribution in [0.15, 0.2) is 28.2 Å². The van der Waals surface area contributed by atoms with Crippen molar-refractivity contribution in [3.05, 3.63) is 33.9 Å². The number of fused-ring (bicyclic) bond motifs is 1. The van der Waals surface area contributed by atoms with E-state index in [1.807, 2.05) is 0 Å². The smallest absolute Gasteiger partial charge is 0.222 e. The van der Waals surface area contributed by atoms with Gasteiger partial charge < -0.3 is 5.32 Å². The van der Waals surface area contributed by atoms with E-state index in [1.54, 1.807) is 18.2 Å². The van der Waals surface area contributed by atoms with Crippen LogP contribution in [0.2, 0.25) is 5.02 Å². The Kier molecular flexibility index (Phi) is 5.91. The third-order valence-corrected chi connectivity index (χ3v) is 3.85. The van der Waals surface area contributed by atoms with Gasteiger partial charge in [-0.05, 0) is 24.6 Å². The SMILES string of the molecule is CCCCCCCC(=O)NC1(N)CN=c2ccc(Cl)cc2=N1. The number of nitrogens with zero attached hydrogens (tertiary/aromatic N) is 2. The van der Waals surface area contributed by atoms with Gasteiger partial charge in [0.2, 0.25) is 11.7 Å². The molecular weight excluding hydrogens is 300 g/mol. The van der Waals surface area contributed by atoms with Crippen LogP contribution < -0.4 is 21.8 Å². The molecule has 3 N–H and O–H groups in total. The van der Waals surface area contributed by atoms with Crippen LogP contribution in [-0.4, -0.2) is 18.2 Å². The molecule has 5 nitrogen and oxygen atoms in total. The monoisotopic (exact) mass is 322 g/mol. The summed E-state index contributed by atoms with van der Waals surface area (Å²) in [5.74, 6) is -1.25. The number of rotatable bonds is 7. The Balaban J connectivity index is 1.93. The van der Waals surface area contributed by atoms with Crippen LogP contribution >= 0.6 is 11.6 Å². The van der Waals surface area contributed by atoms with Crippen LogP contribution in [0.25, 0.3) is 0 Å². The zero-order valence-corrected chi connectivity index (χ0v) is 13.7. The van der Waals surface area contributed by atoms with Gasteiger partial charge in [0.05, 0.1) is 17.3 Å². The van der Waals surface area contributed by atoms with Gasteiger partial charge in [-0.3, -0.25) is 15.5 Å². The topological polar surface area (TPSA) is 79.8 Å². The molecule has 0 radical (unpaired) electrons. The highest BCUT2D eigenvalue weighted by atomic mass is 35.5. The van der Waals surface area contributed by atoms with Gasteiger partial charge in [0.25, 0.3) is 0 Å². The number of nitrogens with two attached hydrogens (primary N) is 1. The van der Waals surface area contributed by atoms with Crippen LogP contribution in [0, 0.1) is 0 Å². The van der Waals surface area contributed by atoms with Gasteiger partial charge in [-0.15, -0.1) is 0 Å². The predicted octanol–water partition coefficient (Wildman–Crippen LogP) is 1.68. The second kappa shape index (κ2) is 7.70. The molecule has 1 heterocycles. The Morgan fingerprint density at radius 3 is 2.86 bits per heavy atom. The van der Waals surface area contributed by atoms with Crippen molar-refractivity contribution in [3.63, 3.8) is 0 Å². The zero-order chi connectivity index (χ0) is 16.0. The van der Waals surface area contributed by atoms with E-state index in [4.69, 9.17) is 17.3 Å². The summed E-state index contributed by atoms with van der Waals surface area (Å²) in [4.78, 5) is 20.8. The number of hydrogen-bond acceptors (Lipinski definition) is 4. The zero-order valence-electron chi connectivity index (χ0n) is 12.9. The second-order valence-corrected chi connectivity index (χ2v) is 6.13. The van der Waals surface area contributed by atoms with Crippen molar-refractivity contribution in [1.82, 2.24) is 5.32 Å². The van der Waals surface area contributed by atoms with Crippen LogP contribution in [0.5, 0.6) is 0 Å². The van der Waals surface area contributed by atoms with Gasteiger partial charge in [0.15, 0.2) is 0 Å². The first-order valence-electron chi connectivity index (χ1n) is 7.82. The van der Waals surface area contributed by atoms with E-state index in [-0.39, 0.29) is 12.5 Å². The Hall–Kier alpha value is -1.46. The van der Waals surface area contributed by atoms with Gasteiger partial charge in [-0.1, -0.05) is 44.2 Å².